The van der Waals surface area contributed by atoms with Crippen LogP contribution in [-0.2, 0) is 22.6 Å². The molecule has 2 N–H and O–H groups in total. The molecule has 0 spiro atoms. The molecule has 0 aliphatic heterocycles. The Kier molecular flexibility index (Phi) is 5.76. The first-order chi connectivity index (χ1) is 15.2. The molecule has 0 bridgehead atoms. The number of fused-ring (bicyclic) bond motifs is 1. The number of aliphatic hydroxyl groups is 1. The Morgan fingerprint density at radius 1 is 1.06 bits per heavy atom. The molecular weight excluding hydrogens is 445 g/mol. The first-order valence-corrected chi connectivity index (χ1v) is 10.9. The zero-order valence-electron chi connectivity index (χ0n) is 16.4. The largest absolute Gasteiger partial charge is 0.455 e. The van der Waals surface area contributed by atoms with Crippen molar-refractivity contribution in [1.29, 1.82) is 0 Å². The Morgan fingerprint density at radius 2 is 1.78 bits per heavy atom. The van der Waals surface area contributed by atoms with Crippen molar-refractivity contribution in [3.63, 3.8) is 0 Å². The number of rotatable bonds is 6. The molecule has 0 fully saturated rings. The van der Waals surface area contributed by atoms with Gasteiger partial charge in [-0.2, -0.15) is 13.2 Å². The fourth-order valence-corrected chi connectivity index (χ4v) is 4.68. The van der Waals surface area contributed by atoms with E-state index in [4.69, 9.17) is 4.42 Å². The number of hydrogen-bond acceptors (Lipinski definition) is 6. The van der Waals surface area contributed by atoms with Crippen LogP contribution in [0, 0.1) is 0 Å². The van der Waals surface area contributed by atoms with Crippen LogP contribution in [0.1, 0.15) is 23.1 Å². The number of nitrogens with one attached hydrogen (secondary N) is 1. The van der Waals surface area contributed by atoms with Gasteiger partial charge < -0.3 is 9.52 Å². The lowest BCUT2D eigenvalue weighted by atomic mass is 10.2. The molecule has 0 saturated heterocycles. The molecule has 32 heavy (non-hydrogen) atoms. The number of aromatic nitrogens is 1. The minimum Gasteiger partial charge on any atom is -0.455 e. The van der Waals surface area contributed by atoms with E-state index in [-0.39, 0.29) is 17.2 Å². The molecule has 2 heterocycles. The fourth-order valence-electron chi connectivity index (χ4n) is 3.20. The molecule has 0 aliphatic rings. The number of pyridine rings is 1. The molecule has 1 unspecified atom stereocenters. The Hall–Kier alpha value is -3.21. The second-order valence-corrected chi connectivity index (χ2v) is 8.91. The molecule has 166 valence electrons. The molecule has 0 radical (unpaired) electrons. The van der Waals surface area contributed by atoms with Crippen molar-refractivity contribution in [3.05, 3.63) is 89.9 Å². The van der Waals surface area contributed by atoms with Crippen LogP contribution >= 0.6 is 0 Å². The normalized spacial score (nSPS) is 13.4. The number of halogens is 3. The van der Waals surface area contributed by atoms with Crippen molar-refractivity contribution >= 4 is 20.8 Å². The van der Waals surface area contributed by atoms with E-state index in [0.29, 0.717) is 11.1 Å². The zero-order valence-corrected chi connectivity index (χ0v) is 17.2. The highest BCUT2D eigenvalue weighted by atomic mass is 32.2. The smallest absolute Gasteiger partial charge is 0.417 e. The molecular formula is C22H17F3N2O4S. The number of aliphatic hydroxyl groups excluding tert-OH is 1. The minimum absolute atomic E-state index is 0.163. The average Bonchev–Trinajstić information content (AvgIpc) is 3.22. The van der Waals surface area contributed by atoms with Crippen molar-refractivity contribution in [2.75, 3.05) is 0 Å². The van der Waals surface area contributed by atoms with Crippen molar-refractivity contribution in [2.24, 2.45) is 0 Å². The van der Waals surface area contributed by atoms with Crippen molar-refractivity contribution in [1.82, 2.24) is 10.3 Å². The second kappa shape index (κ2) is 8.38. The minimum atomic E-state index is -4.80. The maximum absolute atomic E-state index is 13.2. The van der Waals surface area contributed by atoms with Crippen LogP contribution in [0.25, 0.3) is 11.0 Å². The summed E-state index contributed by atoms with van der Waals surface area (Å²) in [5, 5.41) is 13.9. The predicted molar refractivity (Wildman–Crippen MR) is 109 cm³/mol. The van der Waals surface area contributed by atoms with Gasteiger partial charge >= 0.3 is 6.18 Å². The van der Waals surface area contributed by atoms with Crippen molar-refractivity contribution in [3.8, 4) is 0 Å². The van der Waals surface area contributed by atoms with E-state index in [2.05, 4.69) is 10.3 Å². The Bertz CT molecular complexity index is 1320. The summed E-state index contributed by atoms with van der Waals surface area (Å²) in [6.45, 7) is 0.163. The molecule has 1 atom stereocenters. The SMILES string of the molecule is O=S(=O)(c1ccc(CNC(O)c2cc3ccncc3o2)cc1)c1ccccc1C(F)(F)F. The van der Waals surface area contributed by atoms with E-state index in [9.17, 15) is 26.7 Å². The number of sulfone groups is 1. The number of furan rings is 1. The van der Waals surface area contributed by atoms with Crippen LogP contribution in [0.5, 0.6) is 0 Å². The molecule has 0 aliphatic carbocycles. The van der Waals surface area contributed by atoms with Gasteiger partial charge in [-0.25, -0.2) is 8.42 Å². The number of benzene rings is 2. The van der Waals surface area contributed by atoms with Gasteiger partial charge in [-0.05, 0) is 42.0 Å². The number of hydrogen-bond donors (Lipinski definition) is 2. The van der Waals surface area contributed by atoms with E-state index in [0.717, 1.165) is 23.6 Å². The highest BCUT2D eigenvalue weighted by molar-refractivity contribution is 7.91. The molecule has 2 aromatic heterocycles. The van der Waals surface area contributed by atoms with Gasteiger partial charge in [-0.1, -0.05) is 24.3 Å². The van der Waals surface area contributed by atoms with E-state index in [1.807, 2.05) is 0 Å². The lowest BCUT2D eigenvalue weighted by Gasteiger charge is -2.14. The van der Waals surface area contributed by atoms with Crippen LogP contribution in [0.3, 0.4) is 0 Å². The number of nitrogens with zero attached hydrogens (tertiary/aromatic N) is 1. The van der Waals surface area contributed by atoms with E-state index in [1.54, 1.807) is 18.3 Å². The van der Waals surface area contributed by atoms with Crippen LogP contribution in [0.2, 0.25) is 0 Å². The maximum Gasteiger partial charge on any atom is 0.417 e. The highest BCUT2D eigenvalue weighted by Crippen LogP contribution is 2.36. The quantitative estimate of drug-likeness (QED) is 0.411. The lowest BCUT2D eigenvalue weighted by Crippen LogP contribution is -2.20. The average molecular weight is 462 g/mol. The third kappa shape index (κ3) is 4.38. The summed E-state index contributed by atoms with van der Waals surface area (Å²) < 4.78 is 70.8. The lowest BCUT2D eigenvalue weighted by molar-refractivity contribution is -0.139. The van der Waals surface area contributed by atoms with E-state index in [1.165, 1.54) is 36.5 Å². The Balaban J connectivity index is 1.49. The van der Waals surface area contributed by atoms with E-state index >= 15 is 0 Å². The summed E-state index contributed by atoms with van der Waals surface area (Å²) in [7, 11) is -4.37. The summed E-state index contributed by atoms with van der Waals surface area (Å²) in [5.41, 5.74) is -0.0724. The highest BCUT2D eigenvalue weighted by Gasteiger charge is 2.37. The third-order valence-electron chi connectivity index (χ3n) is 4.83. The molecule has 2 aromatic carbocycles. The van der Waals surface area contributed by atoms with Gasteiger partial charge in [-0.15, -0.1) is 0 Å². The summed E-state index contributed by atoms with van der Waals surface area (Å²) in [6, 6.07) is 12.9. The van der Waals surface area contributed by atoms with Crippen LogP contribution in [0.4, 0.5) is 13.2 Å². The van der Waals surface area contributed by atoms with Crippen LogP contribution in [0.15, 0.2) is 87.3 Å². The van der Waals surface area contributed by atoms with Gasteiger partial charge in [0.1, 0.15) is 5.76 Å². The Labute approximate surface area is 181 Å². The summed E-state index contributed by atoms with van der Waals surface area (Å²) in [6.07, 6.45) is -2.79. The van der Waals surface area contributed by atoms with Gasteiger partial charge in [-0.3, -0.25) is 10.3 Å². The molecule has 0 saturated carbocycles. The van der Waals surface area contributed by atoms with E-state index < -0.39 is 32.7 Å². The Morgan fingerprint density at radius 3 is 2.47 bits per heavy atom. The first-order valence-electron chi connectivity index (χ1n) is 9.41. The monoisotopic (exact) mass is 462 g/mol. The van der Waals surface area contributed by atoms with Gasteiger partial charge in [0, 0.05) is 18.1 Å². The molecule has 10 heteroatoms. The topological polar surface area (TPSA) is 92.4 Å². The maximum atomic E-state index is 13.2. The predicted octanol–water partition coefficient (Wildman–Crippen LogP) is 4.46. The van der Waals surface area contributed by atoms with Crippen molar-refractivity contribution in [2.45, 2.75) is 28.7 Å². The van der Waals surface area contributed by atoms with Crippen molar-refractivity contribution < 1.29 is 31.1 Å². The molecule has 6 nitrogen and oxygen atoms in total. The van der Waals surface area contributed by atoms with Crippen LogP contribution in [-0.4, -0.2) is 18.5 Å². The summed E-state index contributed by atoms with van der Waals surface area (Å²) in [5.74, 6) is 0.288. The standard InChI is InChI=1S/C22H17F3N2O4S/c23-22(24,25)17-3-1-2-4-20(17)32(29,30)16-7-5-14(6-8-16)12-27-21(28)18-11-15-9-10-26-13-19(15)31-18/h1-11,13,21,27-28H,12H2. The van der Waals surface area contributed by atoms with Crippen LogP contribution < -0.4 is 5.32 Å². The number of alkyl halides is 3. The second-order valence-electron chi connectivity index (χ2n) is 6.99. The molecule has 0 amide bonds. The van der Waals surface area contributed by atoms with Gasteiger partial charge in [0.15, 0.2) is 11.8 Å². The third-order valence-corrected chi connectivity index (χ3v) is 6.65. The summed E-state index contributed by atoms with van der Waals surface area (Å²) in [4.78, 5) is 2.88. The van der Waals surface area contributed by atoms with Gasteiger partial charge in [0.05, 0.1) is 21.6 Å². The van der Waals surface area contributed by atoms with Gasteiger partial charge in [0.25, 0.3) is 0 Å². The fraction of sp³-hybridized carbons (Fsp3) is 0.136. The zero-order chi connectivity index (χ0) is 22.9. The summed E-state index contributed by atoms with van der Waals surface area (Å²) >= 11 is 0. The molecule has 4 aromatic rings. The molecule has 4 rings (SSSR count). The first kappa shape index (κ1) is 22.0. The van der Waals surface area contributed by atoms with Gasteiger partial charge in [0.2, 0.25) is 9.84 Å².